The number of methoxy groups -OCH3 is 2. The van der Waals surface area contributed by atoms with E-state index in [4.69, 9.17) is 14.2 Å². The minimum Gasteiger partial charge on any atom is -0.497 e. The minimum absolute atomic E-state index is 0.182. The summed E-state index contributed by atoms with van der Waals surface area (Å²) in [6.45, 7) is 3.21. The third-order valence-electron chi connectivity index (χ3n) is 4.26. The van der Waals surface area contributed by atoms with Crippen LogP contribution in [-0.4, -0.2) is 49.4 Å². The Morgan fingerprint density at radius 3 is 2.81 bits per heavy atom. The lowest BCUT2D eigenvalue weighted by atomic mass is 10.2. The van der Waals surface area contributed by atoms with Gasteiger partial charge in [-0.1, -0.05) is 0 Å². The number of hydrogen-bond acceptors (Lipinski definition) is 7. The van der Waals surface area contributed by atoms with Crippen molar-refractivity contribution in [2.75, 3.05) is 38.0 Å². The predicted octanol–water partition coefficient (Wildman–Crippen LogP) is 2.65. The van der Waals surface area contributed by atoms with Gasteiger partial charge in [0, 0.05) is 25.3 Å². The number of rotatable bonds is 7. The molecule has 1 fully saturated rings. The maximum absolute atomic E-state index is 12.7. The summed E-state index contributed by atoms with van der Waals surface area (Å²) in [4.78, 5) is 21.2. The highest BCUT2D eigenvalue weighted by molar-refractivity contribution is 6.04. The number of nitrogens with one attached hydrogen (secondary N) is 2. The number of benzene rings is 1. The van der Waals surface area contributed by atoms with Crippen molar-refractivity contribution in [3.05, 3.63) is 35.8 Å². The molecule has 1 amide bonds. The van der Waals surface area contributed by atoms with Gasteiger partial charge in [-0.3, -0.25) is 4.79 Å². The van der Waals surface area contributed by atoms with Crippen LogP contribution in [0.15, 0.2) is 24.3 Å². The van der Waals surface area contributed by atoms with Gasteiger partial charge in [-0.05, 0) is 31.9 Å². The Bertz CT molecular complexity index is 806. The van der Waals surface area contributed by atoms with E-state index in [1.54, 1.807) is 38.3 Å². The highest BCUT2D eigenvalue weighted by Gasteiger charge is 2.17. The minimum atomic E-state index is -0.343. The molecule has 27 heavy (non-hydrogen) atoms. The largest absolute Gasteiger partial charge is 0.497 e. The zero-order valence-electron chi connectivity index (χ0n) is 15.7. The molecule has 1 saturated heterocycles. The number of aromatic nitrogens is 2. The first-order valence-electron chi connectivity index (χ1n) is 8.83. The van der Waals surface area contributed by atoms with Crippen LogP contribution in [0, 0.1) is 6.92 Å². The van der Waals surface area contributed by atoms with Crippen LogP contribution < -0.4 is 20.1 Å². The van der Waals surface area contributed by atoms with Gasteiger partial charge in [-0.15, -0.1) is 0 Å². The Balaban J connectivity index is 1.72. The summed E-state index contributed by atoms with van der Waals surface area (Å²) in [7, 11) is 3.11. The molecule has 144 valence electrons. The smallest absolute Gasteiger partial charge is 0.274 e. The Morgan fingerprint density at radius 2 is 2.11 bits per heavy atom. The molecule has 3 rings (SSSR count). The van der Waals surface area contributed by atoms with Crippen LogP contribution in [0.2, 0.25) is 0 Å². The van der Waals surface area contributed by atoms with Gasteiger partial charge in [0.25, 0.3) is 5.91 Å². The van der Waals surface area contributed by atoms with E-state index in [-0.39, 0.29) is 17.7 Å². The van der Waals surface area contributed by atoms with Gasteiger partial charge >= 0.3 is 0 Å². The topological polar surface area (TPSA) is 94.6 Å². The van der Waals surface area contributed by atoms with Crippen molar-refractivity contribution in [2.24, 2.45) is 0 Å². The number of carbonyl (C=O) groups is 1. The number of hydrogen-bond donors (Lipinski definition) is 2. The molecule has 1 aliphatic rings. The average Bonchev–Trinajstić information content (AvgIpc) is 3.20. The summed E-state index contributed by atoms with van der Waals surface area (Å²) in [6, 6.07) is 6.81. The monoisotopic (exact) mass is 372 g/mol. The number of nitrogens with zero attached hydrogens (tertiary/aromatic N) is 2. The number of amides is 1. The number of anilines is 2. The lowest BCUT2D eigenvalue weighted by Crippen LogP contribution is -2.20. The first kappa shape index (κ1) is 18.9. The number of carbonyl (C=O) groups excluding carboxylic acids is 1. The van der Waals surface area contributed by atoms with Gasteiger partial charge in [0.2, 0.25) is 0 Å². The van der Waals surface area contributed by atoms with Gasteiger partial charge in [0.1, 0.15) is 28.8 Å². The molecule has 8 heteroatoms. The van der Waals surface area contributed by atoms with Gasteiger partial charge < -0.3 is 24.8 Å². The first-order chi connectivity index (χ1) is 13.1. The van der Waals surface area contributed by atoms with Gasteiger partial charge in [0.15, 0.2) is 0 Å². The summed E-state index contributed by atoms with van der Waals surface area (Å²) in [5.41, 5.74) is 0.809. The van der Waals surface area contributed by atoms with Crippen molar-refractivity contribution >= 4 is 17.4 Å². The van der Waals surface area contributed by atoms with Crippen LogP contribution in [0.4, 0.5) is 11.5 Å². The number of aryl methyl sites for hydroxylation is 1. The van der Waals surface area contributed by atoms with Gasteiger partial charge in [-0.2, -0.15) is 0 Å². The van der Waals surface area contributed by atoms with Gasteiger partial charge in [0.05, 0.1) is 26.0 Å². The third kappa shape index (κ3) is 4.85. The van der Waals surface area contributed by atoms with E-state index >= 15 is 0 Å². The van der Waals surface area contributed by atoms with Crippen LogP contribution in [0.25, 0.3) is 0 Å². The Hall–Kier alpha value is -2.87. The first-order valence-corrected chi connectivity index (χ1v) is 8.83. The van der Waals surface area contributed by atoms with Crippen molar-refractivity contribution < 1.29 is 19.0 Å². The molecular formula is C19H24N4O4. The molecule has 2 N–H and O–H groups in total. The van der Waals surface area contributed by atoms with E-state index < -0.39 is 0 Å². The maximum Gasteiger partial charge on any atom is 0.274 e. The van der Waals surface area contributed by atoms with Crippen LogP contribution in [0.1, 0.15) is 29.2 Å². The molecule has 1 unspecified atom stereocenters. The third-order valence-corrected chi connectivity index (χ3v) is 4.26. The summed E-state index contributed by atoms with van der Waals surface area (Å²) in [5.74, 6) is 1.92. The summed E-state index contributed by atoms with van der Waals surface area (Å²) in [6.07, 6.45) is 2.29. The maximum atomic E-state index is 12.7. The van der Waals surface area contributed by atoms with Crippen LogP contribution in [-0.2, 0) is 4.74 Å². The molecule has 2 heterocycles. The van der Waals surface area contributed by atoms with Crippen molar-refractivity contribution in [2.45, 2.75) is 25.9 Å². The molecule has 0 spiro atoms. The van der Waals surface area contributed by atoms with E-state index in [1.807, 2.05) is 0 Å². The quantitative estimate of drug-likeness (QED) is 0.771. The molecule has 1 aliphatic heterocycles. The molecule has 0 radical (unpaired) electrons. The average molecular weight is 372 g/mol. The second-order valence-electron chi connectivity index (χ2n) is 6.22. The molecule has 1 aromatic carbocycles. The zero-order chi connectivity index (χ0) is 19.2. The Kier molecular flexibility index (Phi) is 6.08. The second kappa shape index (κ2) is 8.68. The van der Waals surface area contributed by atoms with E-state index in [2.05, 4.69) is 20.6 Å². The SMILES string of the molecule is COc1ccc(NC(=O)c2cc(NCC3CCCO3)nc(C)n2)c(OC)c1. The molecular weight excluding hydrogens is 348 g/mol. The molecule has 0 saturated carbocycles. The van der Waals surface area contributed by atoms with Crippen molar-refractivity contribution in [3.63, 3.8) is 0 Å². The van der Waals surface area contributed by atoms with E-state index in [9.17, 15) is 4.79 Å². The number of ether oxygens (including phenoxy) is 3. The van der Waals surface area contributed by atoms with Crippen molar-refractivity contribution in [1.29, 1.82) is 0 Å². The van der Waals surface area contributed by atoms with Crippen LogP contribution in [0.3, 0.4) is 0 Å². The predicted molar refractivity (Wildman–Crippen MR) is 102 cm³/mol. The fraction of sp³-hybridized carbons (Fsp3) is 0.421. The summed E-state index contributed by atoms with van der Waals surface area (Å²) < 4.78 is 16.1. The molecule has 2 aromatic rings. The van der Waals surface area contributed by atoms with Crippen molar-refractivity contribution in [1.82, 2.24) is 9.97 Å². The van der Waals surface area contributed by atoms with Crippen LogP contribution >= 0.6 is 0 Å². The van der Waals surface area contributed by atoms with E-state index in [1.165, 1.54) is 7.11 Å². The normalized spacial score (nSPS) is 16.0. The van der Waals surface area contributed by atoms with E-state index in [0.717, 1.165) is 19.4 Å². The Labute approximate surface area is 158 Å². The molecule has 0 aliphatic carbocycles. The lowest BCUT2D eigenvalue weighted by Gasteiger charge is -2.13. The highest BCUT2D eigenvalue weighted by Crippen LogP contribution is 2.29. The standard InChI is InChI=1S/C19H24N4O4/c1-12-21-16(10-18(22-12)20-11-14-5-4-8-27-14)19(24)23-15-7-6-13(25-2)9-17(15)26-3/h6-7,9-10,14H,4-5,8,11H2,1-3H3,(H,23,24)(H,20,21,22). The summed E-state index contributed by atoms with van der Waals surface area (Å²) >= 11 is 0. The Morgan fingerprint density at radius 1 is 1.26 bits per heavy atom. The summed E-state index contributed by atoms with van der Waals surface area (Å²) in [5, 5.41) is 6.05. The van der Waals surface area contributed by atoms with Gasteiger partial charge in [-0.25, -0.2) is 9.97 Å². The van der Waals surface area contributed by atoms with Crippen molar-refractivity contribution in [3.8, 4) is 11.5 Å². The molecule has 1 aromatic heterocycles. The van der Waals surface area contributed by atoms with E-state index in [0.29, 0.717) is 35.4 Å². The van der Waals surface area contributed by atoms with Crippen LogP contribution in [0.5, 0.6) is 11.5 Å². The highest BCUT2D eigenvalue weighted by atomic mass is 16.5. The lowest BCUT2D eigenvalue weighted by molar-refractivity contribution is 0.102. The molecule has 0 bridgehead atoms. The zero-order valence-corrected chi connectivity index (χ0v) is 15.7. The molecule has 8 nitrogen and oxygen atoms in total. The second-order valence-corrected chi connectivity index (χ2v) is 6.22. The fourth-order valence-electron chi connectivity index (χ4n) is 2.89. The molecule has 1 atom stereocenters. The fourth-order valence-corrected chi connectivity index (χ4v) is 2.89.